The van der Waals surface area contributed by atoms with Crippen LogP contribution in [-0.4, -0.2) is 58.3 Å². The number of guanidine groups is 1. The number of nitrogens with one attached hydrogen (secondary N) is 1. The molecule has 0 aliphatic carbocycles. The minimum absolute atomic E-state index is 0.393. The van der Waals surface area contributed by atoms with Crippen LogP contribution >= 0.6 is 0 Å². The van der Waals surface area contributed by atoms with Gasteiger partial charge in [-0.05, 0) is 29.8 Å². The molecule has 2 aromatic carbocycles. The average Bonchev–Trinajstić information content (AvgIpc) is 2.74. The Balaban J connectivity index is 1.91. The lowest BCUT2D eigenvalue weighted by Gasteiger charge is -2.22. The average molecular weight is 385 g/mol. The zero-order valence-electron chi connectivity index (χ0n) is 16.8. The molecule has 7 heteroatoms. The maximum Gasteiger partial charge on any atom is 0.341 e. The van der Waals surface area contributed by atoms with Crippen LogP contribution in [0, 0.1) is 0 Å². The molecular weight excluding hydrogens is 358 g/mol. The standard InChI is InChI=1S/C21H27N3O4/c1-22-21(24(2)12-13-28-17-8-6-5-7-9-17)23-15-16-10-11-19(26-3)18(14-16)20(25)27-4/h5-11,14H,12-13,15H2,1-4H3,(H,22,23). The van der Waals surface area contributed by atoms with Gasteiger partial charge >= 0.3 is 5.97 Å². The van der Waals surface area contributed by atoms with Crippen LogP contribution in [0.4, 0.5) is 0 Å². The van der Waals surface area contributed by atoms with Crippen molar-refractivity contribution in [1.29, 1.82) is 0 Å². The van der Waals surface area contributed by atoms with Crippen molar-refractivity contribution in [2.24, 2.45) is 4.99 Å². The highest BCUT2D eigenvalue weighted by Crippen LogP contribution is 2.20. The molecule has 0 heterocycles. The summed E-state index contributed by atoms with van der Waals surface area (Å²) in [6.07, 6.45) is 0. The number of rotatable bonds is 8. The summed E-state index contributed by atoms with van der Waals surface area (Å²) in [6, 6.07) is 15.1. The molecule has 0 saturated heterocycles. The number of para-hydroxylation sites is 1. The predicted molar refractivity (Wildman–Crippen MR) is 109 cm³/mol. The Kier molecular flexibility index (Phi) is 8.14. The first-order valence-corrected chi connectivity index (χ1v) is 8.94. The second kappa shape index (κ2) is 10.8. The van der Waals surface area contributed by atoms with Gasteiger partial charge in [0.05, 0.1) is 20.8 Å². The minimum Gasteiger partial charge on any atom is -0.496 e. The van der Waals surface area contributed by atoms with Gasteiger partial charge in [-0.1, -0.05) is 24.3 Å². The van der Waals surface area contributed by atoms with E-state index in [4.69, 9.17) is 14.2 Å². The maximum absolute atomic E-state index is 11.9. The number of nitrogens with zero attached hydrogens (tertiary/aromatic N) is 2. The van der Waals surface area contributed by atoms with E-state index in [9.17, 15) is 4.79 Å². The highest BCUT2D eigenvalue weighted by Gasteiger charge is 2.14. The monoisotopic (exact) mass is 385 g/mol. The molecule has 0 amide bonds. The molecule has 0 radical (unpaired) electrons. The molecule has 0 bridgehead atoms. The zero-order valence-corrected chi connectivity index (χ0v) is 16.8. The smallest absolute Gasteiger partial charge is 0.341 e. The summed E-state index contributed by atoms with van der Waals surface area (Å²) >= 11 is 0. The Bertz CT molecular complexity index is 793. The van der Waals surface area contributed by atoms with Gasteiger partial charge in [0.2, 0.25) is 0 Å². The predicted octanol–water partition coefficient (Wildman–Crippen LogP) is 2.57. The SMILES string of the molecule is CN=C(NCc1ccc(OC)c(C(=O)OC)c1)N(C)CCOc1ccccc1. The molecule has 0 aliphatic rings. The number of benzene rings is 2. The van der Waals surface area contributed by atoms with Crippen LogP contribution in [0.25, 0.3) is 0 Å². The van der Waals surface area contributed by atoms with Gasteiger partial charge in [-0.3, -0.25) is 4.99 Å². The first-order valence-electron chi connectivity index (χ1n) is 8.94. The summed E-state index contributed by atoms with van der Waals surface area (Å²) in [5, 5.41) is 3.28. The topological polar surface area (TPSA) is 72.4 Å². The van der Waals surface area contributed by atoms with Crippen LogP contribution in [0.1, 0.15) is 15.9 Å². The van der Waals surface area contributed by atoms with Crippen molar-refractivity contribution in [2.45, 2.75) is 6.54 Å². The summed E-state index contributed by atoms with van der Waals surface area (Å²) in [6.45, 7) is 1.71. The van der Waals surface area contributed by atoms with Gasteiger partial charge in [-0.25, -0.2) is 4.79 Å². The largest absolute Gasteiger partial charge is 0.496 e. The van der Waals surface area contributed by atoms with E-state index >= 15 is 0 Å². The summed E-state index contributed by atoms with van der Waals surface area (Å²) < 4.78 is 15.8. The molecule has 1 N–H and O–H groups in total. The van der Waals surface area contributed by atoms with E-state index in [1.807, 2.05) is 48.3 Å². The second-order valence-electron chi connectivity index (χ2n) is 6.01. The summed E-state index contributed by atoms with van der Waals surface area (Å²) in [5.74, 6) is 1.62. The van der Waals surface area contributed by atoms with Crippen LogP contribution < -0.4 is 14.8 Å². The highest BCUT2D eigenvalue weighted by molar-refractivity contribution is 5.92. The van der Waals surface area contributed by atoms with Gasteiger partial charge in [0.15, 0.2) is 5.96 Å². The van der Waals surface area contributed by atoms with Gasteiger partial charge in [-0.2, -0.15) is 0 Å². The normalized spacial score (nSPS) is 10.9. The molecule has 0 aliphatic heterocycles. The number of esters is 1. The van der Waals surface area contributed by atoms with Crippen molar-refractivity contribution < 1.29 is 19.0 Å². The molecule has 2 rings (SSSR count). The number of carbonyl (C=O) groups excluding carboxylic acids is 1. The minimum atomic E-state index is -0.432. The van der Waals surface area contributed by atoms with Crippen molar-refractivity contribution in [3.63, 3.8) is 0 Å². The molecule has 0 saturated carbocycles. The quantitative estimate of drug-likeness (QED) is 0.428. The molecule has 28 heavy (non-hydrogen) atoms. The van der Waals surface area contributed by atoms with E-state index in [0.29, 0.717) is 31.0 Å². The Morgan fingerprint density at radius 3 is 2.54 bits per heavy atom. The second-order valence-corrected chi connectivity index (χ2v) is 6.01. The third-order valence-electron chi connectivity index (χ3n) is 4.13. The van der Waals surface area contributed by atoms with Crippen LogP contribution in [0.5, 0.6) is 11.5 Å². The number of hydrogen-bond donors (Lipinski definition) is 1. The number of ether oxygens (including phenoxy) is 3. The van der Waals surface area contributed by atoms with E-state index in [1.54, 1.807) is 19.2 Å². The summed E-state index contributed by atoms with van der Waals surface area (Å²) in [5.41, 5.74) is 1.31. The molecular formula is C21H27N3O4. The lowest BCUT2D eigenvalue weighted by Crippen LogP contribution is -2.40. The maximum atomic E-state index is 11.9. The summed E-state index contributed by atoms with van der Waals surface area (Å²) in [7, 11) is 6.54. The van der Waals surface area contributed by atoms with Gasteiger partial charge in [-0.15, -0.1) is 0 Å². The molecule has 7 nitrogen and oxygen atoms in total. The number of aliphatic imine (C=N–C) groups is 1. The fraction of sp³-hybridized carbons (Fsp3) is 0.333. The fourth-order valence-electron chi connectivity index (χ4n) is 2.62. The first-order chi connectivity index (χ1) is 13.6. The Labute approximate surface area is 165 Å². The van der Waals surface area contributed by atoms with Crippen LogP contribution in [0.15, 0.2) is 53.5 Å². The van der Waals surface area contributed by atoms with Crippen molar-refractivity contribution >= 4 is 11.9 Å². The molecule has 0 atom stereocenters. The molecule has 0 aromatic heterocycles. The lowest BCUT2D eigenvalue weighted by molar-refractivity contribution is 0.0597. The molecule has 150 valence electrons. The Morgan fingerprint density at radius 1 is 1.14 bits per heavy atom. The molecule has 0 spiro atoms. The van der Waals surface area contributed by atoms with E-state index in [1.165, 1.54) is 14.2 Å². The number of carbonyl (C=O) groups is 1. The van der Waals surface area contributed by atoms with Crippen LogP contribution in [0.3, 0.4) is 0 Å². The van der Waals surface area contributed by atoms with Crippen molar-refractivity contribution in [3.05, 3.63) is 59.7 Å². The van der Waals surface area contributed by atoms with E-state index in [-0.39, 0.29) is 0 Å². The van der Waals surface area contributed by atoms with Gasteiger partial charge in [0, 0.05) is 20.6 Å². The first kappa shape index (κ1) is 21.1. The third-order valence-corrected chi connectivity index (χ3v) is 4.13. The number of likely N-dealkylation sites (N-methyl/N-ethyl adjacent to an activating group) is 1. The van der Waals surface area contributed by atoms with Gasteiger partial charge < -0.3 is 24.4 Å². The molecule has 0 fully saturated rings. The number of hydrogen-bond acceptors (Lipinski definition) is 5. The van der Waals surface area contributed by atoms with E-state index < -0.39 is 5.97 Å². The molecule has 0 unspecified atom stereocenters. The van der Waals surface area contributed by atoms with Crippen molar-refractivity contribution in [1.82, 2.24) is 10.2 Å². The highest BCUT2D eigenvalue weighted by atomic mass is 16.5. The van der Waals surface area contributed by atoms with E-state index in [2.05, 4.69) is 10.3 Å². The Morgan fingerprint density at radius 2 is 1.89 bits per heavy atom. The van der Waals surface area contributed by atoms with Gasteiger partial charge in [0.25, 0.3) is 0 Å². The van der Waals surface area contributed by atoms with Crippen LogP contribution in [-0.2, 0) is 11.3 Å². The third kappa shape index (κ3) is 5.90. The van der Waals surface area contributed by atoms with Gasteiger partial charge in [0.1, 0.15) is 23.7 Å². The van der Waals surface area contributed by atoms with Crippen molar-refractivity contribution in [3.8, 4) is 11.5 Å². The van der Waals surface area contributed by atoms with Crippen molar-refractivity contribution in [2.75, 3.05) is 41.5 Å². The van der Waals surface area contributed by atoms with E-state index in [0.717, 1.165) is 17.3 Å². The number of methoxy groups -OCH3 is 2. The Hall–Kier alpha value is -3.22. The fourth-order valence-corrected chi connectivity index (χ4v) is 2.62. The van der Waals surface area contributed by atoms with Crippen LogP contribution in [0.2, 0.25) is 0 Å². The molecule has 2 aromatic rings. The zero-order chi connectivity index (χ0) is 20.4. The summed E-state index contributed by atoms with van der Waals surface area (Å²) in [4.78, 5) is 18.2. The lowest BCUT2D eigenvalue weighted by atomic mass is 10.1.